The van der Waals surface area contributed by atoms with Gasteiger partial charge >= 0.3 is 0 Å². The van der Waals surface area contributed by atoms with Crippen molar-refractivity contribution in [3.05, 3.63) is 81.8 Å². The van der Waals surface area contributed by atoms with Gasteiger partial charge in [0.15, 0.2) is 11.0 Å². The lowest BCUT2D eigenvalue weighted by Gasteiger charge is -2.11. The first-order chi connectivity index (χ1) is 17.5. The van der Waals surface area contributed by atoms with E-state index >= 15 is 0 Å². The summed E-state index contributed by atoms with van der Waals surface area (Å²) in [6.07, 6.45) is 1.56. The fourth-order valence-electron chi connectivity index (χ4n) is 3.22. The highest BCUT2D eigenvalue weighted by atomic mass is 79.9. The van der Waals surface area contributed by atoms with Gasteiger partial charge in [0.25, 0.3) is 5.91 Å². The highest BCUT2D eigenvalue weighted by molar-refractivity contribution is 9.10. The standard InChI is InChI=1S/C25H21BrClN5O3S/c1-34-20-10-4-17(5-11-20)24-30-31-25(32(24)19-8-6-18(27)7-9-19)36-15-23(33)29-28-14-16-3-12-22(35-2)21(26)13-16/h3-14H,15H2,1-2H3,(H,29,33)/b28-14-. The number of ether oxygens (including phenoxy) is 2. The number of hydrogen-bond donors (Lipinski definition) is 1. The lowest BCUT2D eigenvalue weighted by atomic mass is 10.2. The predicted molar refractivity (Wildman–Crippen MR) is 146 cm³/mol. The number of hydrogen-bond acceptors (Lipinski definition) is 7. The van der Waals surface area contributed by atoms with Crippen molar-refractivity contribution in [1.29, 1.82) is 0 Å². The highest BCUT2D eigenvalue weighted by Crippen LogP contribution is 2.29. The Kier molecular flexibility index (Phi) is 8.63. The smallest absolute Gasteiger partial charge is 0.250 e. The van der Waals surface area contributed by atoms with E-state index in [9.17, 15) is 4.79 Å². The molecule has 11 heteroatoms. The van der Waals surface area contributed by atoms with E-state index in [-0.39, 0.29) is 11.7 Å². The van der Waals surface area contributed by atoms with E-state index in [0.29, 0.717) is 21.8 Å². The molecule has 8 nitrogen and oxygen atoms in total. The van der Waals surface area contributed by atoms with Crippen LogP contribution in [0.4, 0.5) is 0 Å². The molecule has 0 aliphatic carbocycles. The number of nitrogens with zero attached hydrogens (tertiary/aromatic N) is 4. The van der Waals surface area contributed by atoms with Crippen molar-refractivity contribution in [3.8, 4) is 28.6 Å². The zero-order valence-corrected chi connectivity index (χ0v) is 22.5. The van der Waals surface area contributed by atoms with Crippen LogP contribution in [0.2, 0.25) is 5.02 Å². The third-order valence-corrected chi connectivity index (χ3v) is 6.78. The molecule has 184 valence electrons. The van der Waals surface area contributed by atoms with E-state index in [1.54, 1.807) is 32.6 Å². The summed E-state index contributed by atoms with van der Waals surface area (Å²) >= 11 is 10.8. The topological polar surface area (TPSA) is 90.6 Å². The molecule has 4 aromatic rings. The maximum absolute atomic E-state index is 12.5. The van der Waals surface area contributed by atoms with E-state index in [1.807, 2.05) is 59.2 Å². The van der Waals surface area contributed by atoms with Gasteiger partial charge in [-0.25, -0.2) is 5.43 Å². The summed E-state index contributed by atoms with van der Waals surface area (Å²) in [6, 6.07) is 20.4. The fourth-order valence-corrected chi connectivity index (χ4v) is 4.65. The van der Waals surface area contributed by atoms with Crippen LogP contribution in [0.3, 0.4) is 0 Å². The Labute approximate surface area is 225 Å². The molecular weight excluding hydrogens is 566 g/mol. The van der Waals surface area contributed by atoms with Gasteiger partial charge in [0.2, 0.25) is 0 Å². The molecule has 0 bridgehead atoms. The summed E-state index contributed by atoms with van der Waals surface area (Å²) < 4.78 is 13.1. The van der Waals surface area contributed by atoms with E-state index in [2.05, 4.69) is 36.7 Å². The second-order valence-corrected chi connectivity index (χ2v) is 9.56. The van der Waals surface area contributed by atoms with Crippen LogP contribution in [0.5, 0.6) is 11.5 Å². The van der Waals surface area contributed by atoms with Gasteiger partial charge in [-0.1, -0.05) is 23.4 Å². The van der Waals surface area contributed by atoms with Gasteiger partial charge in [-0.2, -0.15) is 5.10 Å². The van der Waals surface area contributed by atoms with Crippen molar-refractivity contribution in [2.45, 2.75) is 5.16 Å². The predicted octanol–water partition coefficient (Wildman–Crippen LogP) is 5.61. The number of carbonyl (C=O) groups excluding carboxylic acids is 1. The molecule has 1 aromatic heterocycles. The molecule has 0 atom stereocenters. The molecule has 0 aliphatic heterocycles. The molecule has 36 heavy (non-hydrogen) atoms. The minimum Gasteiger partial charge on any atom is -0.497 e. The Morgan fingerprint density at radius 3 is 2.50 bits per heavy atom. The van der Waals surface area contributed by atoms with Crippen molar-refractivity contribution >= 4 is 51.4 Å². The Hall–Kier alpha value is -3.34. The highest BCUT2D eigenvalue weighted by Gasteiger charge is 2.17. The van der Waals surface area contributed by atoms with Crippen molar-refractivity contribution in [1.82, 2.24) is 20.2 Å². The number of carbonyl (C=O) groups is 1. The Bertz CT molecular complexity index is 1380. The van der Waals surface area contributed by atoms with Gasteiger partial charge in [0.1, 0.15) is 11.5 Å². The quantitative estimate of drug-likeness (QED) is 0.156. The number of nitrogens with one attached hydrogen (secondary N) is 1. The van der Waals surface area contributed by atoms with Crippen LogP contribution in [0, 0.1) is 0 Å². The summed E-state index contributed by atoms with van der Waals surface area (Å²) in [6.45, 7) is 0. The third kappa shape index (κ3) is 6.26. The largest absolute Gasteiger partial charge is 0.497 e. The summed E-state index contributed by atoms with van der Waals surface area (Å²) in [5.41, 5.74) is 5.02. The first-order valence-electron chi connectivity index (χ1n) is 10.6. The van der Waals surface area contributed by atoms with Crippen LogP contribution in [-0.4, -0.2) is 46.9 Å². The molecule has 1 heterocycles. The minimum atomic E-state index is -0.277. The molecule has 0 unspecified atom stereocenters. The monoisotopic (exact) mass is 585 g/mol. The molecule has 4 rings (SSSR count). The SMILES string of the molecule is COc1ccc(-c2nnc(SCC(=O)N/N=C\c3ccc(OC)c(Br)c3)n2-c2ccc(Cl)cc2)cc1. The number of halogens is 2. The average Bonchev–Trinajstić information content (AvgIpc) is 3.32. The van der Waals surface area contributed by atoms with Crippen molar-refractivity contribution < 1.29 is 14.3 Å². The third-order valence-electron chi connectivity index (χ3n) is 4.98. The Morgan fingerprint density at radius 1 is 1.08 bits per heavy atom. The number of amides is 1. The molecule has 0 aliphatic rings. The Morgan fingerprint density at radius 2 is 1.83 bits per heavy atom. The molecule has 1 amide bonds. The molecular formula is C25H21BrClN5O3S. The Balaban J connectivity index is 1.49. The molecule has 0 fully saturated rings. The average molecular weight is 587 g/mol. The lowest BCUT2D eigenvalue weighted by molar-refractivity contribution is -0.118. The van der Waals surface area contributed by atoms with Crippen molar-refractivity contribution in [3.63, 3.8) is 0 Å². The molecule has 1 N–H and O–H groups in total. The van der Waals surface area contributed by atoms with Gasteiger partial charge in [0, 0.05) is 16.3 Å². The second-order valence-electron chi connectivity index (χ2n) is 7.32. The van der Waals surface area contributed by atoms with Crippen LogP contribution in [0.25, 0.3) is 17.1 Å². The zero-order chi connectivity index (χ0) is 25.5. The van der Waals surface area contributed by atoms with Crippen LogP contribution in [0.15, 0.2) is 81.5 Å². The van der Waals surface area contributed by atoms with Gasteiger partial charge < -0.3 is 9.47 Å². The number of rotatable bonds is 9. The second kappa shape index (κ2) is 12.1. The van der Waals surface area contributed by atoms with Crippen molar-refractivity contribution in [2.24, 2.45) is 5.10 Å². The first-order valence-corrected chi connectivity index (χ1v) is 12.8. The number of thioether (sulfide) groups is 1. The minimum absolute atomic E-state index is 0.0952. The van der Waals surface area contributed by atoms with Crippen molar-refractivity contribution in [2.75, 3.05) is 20.0 Å². The summed E-state index contributed by atoms with van der Waals surface area (Å²) in [5.74, 6) is 1.90. The van der Waals surface area contributed by atoms with E-state index in [0.717, 1.165) is 27.0 Å². The van der Waals surface area contributed by atoms with E-state index < -0.39 is 0 Å². The zero-order valence-electron chi connectivity index (χ0n) is 19.3. The lowest BCUT2D eigenvalue weighted by Crippen LogP contribution is -2.20. The van der Waals surface area contributed by atoms with Gasteiger partial charge in [0.05, 0.1) is 30.7 Å². The molecule has 0 radical (unpaired) electrons. The number of hydrazone groups is 1. The molecule has 3 aromatic carbocycles. The number of benzene rings is 3. The fraction of sp³-hybridized carbons (Fsp3) is 0.120. The van der Waals surface area contributed by atoms with Crippen LogP contribution >= 0.6 is 39.3 Å². The van der Waals surface area contributed by atoms with Crippen LogP contribution in [-0.2, 0) is 4.79 Å². The van der Waals surface area contributed by atoms with E-state index in [4.69, 9.17) is 21.1 Å². The van der Waals surface area contributed by atoms with Gasteiger partial charge in [-0.3, -0.25) is 9.36 Å². The van der Waals surface area contributed by atoms with Gasteiger partial charge in [-0.15, -0.1) is 10.2 Å². The van der Waals surface area contributed by atoms with Crippen LogP contribution < -0.4 is 14.9 Å². The molecule has 0 saturated heterocycles. The maximum atomic E-state index is 12.5. The molecule has 0 saturated carbocycles. The van der Waals surface area contributed by atoms with E-state index in [1.165, 1.54) is 11.8 Å². The number of aromatic nitrogens is 3. The summed E-state index contributed by atoms with van der Waals surface area (Å²) in [7, 11) is 3.21. The van der Waals surface area contributed by atoms with Gasteiger partial charge in [-0.05, 0) is 88.2 Å². The molecule has 0 spiro atoms. The summed E-state index contributed by atoms with van der Waals surface area (Å²) in [5, 5.41) is 13.9. The summed E-state index contributed by atoms with van der Waals surface area (Å²) in [4.78, 5) is 12.5. The maximum Gasteiger partial charge on any atom is 0.250 e. The number of methoxy groups -OCH3 is 2. The normalized spacial score (nSPS) is 11.0. The first kappa shape index (κ1) is 25.7. The van der Waals surface area contributed by atoms with Crippen LogP contribution in [0.1, 0.15) is 5.56 Å².